The molecule has 0 bridgehead atoms. The summed E-state index contributed by atoms with van der Waals surface area (Å²) < 4.78 is 0. The normalized spacial score (nSPS) is 17.0. The van der Waals surface area contributed by atoms with Gasteiger partial charge in [0.25, 0.3) is 0 Å². The number of aromatic amines is 1. The third-order valence-corrected chi connectivity index (χ3v) is 4.65. The Morgan fingerprint density at radius 3 is 3.07 bits per heavy atom. The summed E-state index contributed by atoms with van der Waals surface area (Å²) in [6.45, 7) is 2.49. The largest absolute Gasteiger partial charge is 0.383 e. The zero-order chi connectivity index (χ0) is 18.6. The van der Waals surface area contributed by atoms with Crippen LogP contribution in [0.2, 0.25) is 0 Å². The highest BCUT2D eigenvalue weighted by molar-refractivity contribution is 6.10. The number of anilines is 2. The van der Waals surface area contributed by atoms with E-state index >= 15 is 0 Å². The molecular formula is C19H23N7O. The second-order valence-electron chi connectivity index (χ2n) is 6.52. The van der Waals surface area contributed by atoms with Gasteiger partial charge in [0.15, 0.2) is 0 Å². The highest BCUT2D eigenvalue weighted by Crippen LogP contribution is 2.18. The van der Waals surface area contributed by atoms with E-state index in [9.17, 15) is 4.79 Å². The van der Waals surface area contributed by atoms with Crippen LogP contribution in [0.3, 0.4) is 0 Å². The van der Waals surface area contributed by atoms with Crippen molar-refractivity contribution in [3.63, 3.8) is 0 Å². The van der Waals surface area contributed by atoms with E-state index in [-0.39, 0.29) is 19.1 Å². The van der Waals surface area contributed by atoms with Gasteiger partial charge in [0, 0.05) is 51.6 Å². The molecule has 0 amide bonds. The fraction of sp³-hybridized carbons (Fsp3) is 0.263. The van der Waals surface area contributed by atoms with Crippen LogP contribution in [0.5, 0.6) is 0 Å². The van der Waals surface area contributed by atoms with Crippen LogP contribution in [0.1, 0.15) is 23.2 Å². The van der Waals surface area contributed by atoms with E-state index in [1.807, 2.05) is 18.3 Å². The first kappa shape index (κ1) is 17.2. The lowest BCUT2D eigenvalue weighted by atomic mass is 10.1. The van der Waals surface area contributed by atoms with Crippen molar-refractivity contribution in [2.75, 3.05) is 30.3 Å². The predicted octanol–water partition coefficient (Wildman–Crippen LogP) is 1.28. The number of nitrogens with two attached hydrogens (primary N) is 1. The first-order valence-corrected chi connectivity index (χ1v) is 8.88. The number of aromatic nitrogens is 4. The van der Waals surface area contributed by atoms with E-state index < -0.39 is 0 Å². The number of H-pyrrole nitrogens is 1. The van der Waals surface area contributed by atoms with Crippen molar-refractivity contribution in [3.8, 4) is 0 Å². The quantitative estimate of drug-likeness (QED) is 0.584. The van der Waals surface area contributed by atoms with Crippen molar-refractivity contribution in [2.45, 2.75) is 12.5 Å². The summed E-state index contributed by atoms with van der Waals surface area (Å²) in [6, 6.07) is 9.15. The summed E-state index contributed by atoms with van der Waals surface area (Å²) in [7, 11) is 0. The van der Waals surface area contributed by atoms with Gasteiger partial charge >= 0.3 is 0 Å². The molecule has 1 aliphatic heterocycles. The molecule has 1 unspecified atom stereocenters. The second kappa shape index (κ2) is 7.55. The fourth-order valence-corrected chi connectivity index (χ4v) is 3.31. The Kier molecular flexibility index (Phi) is 4.80. The molecule has 0 aromatic carbocycles. The number of hydrogen-bond donors (Lipinski definition) is 3. The van der Waals surface area contributed by atoms with Crippen molar-refractivity contribution in [1.29, 1.82) is 0 Å². The van der Waals surface area contributed by atoms with Crippen LogP contribution in [-0.2, 0) is 6.42 Å². The molecule has 4 rings (SSSR count). The van der Waals surface area contributed by atoms with Crippen LogP contribution in [0.4, 0.5) is 11.6 Å². The van der Waals surface area contributed by atoms with E-state index in [0.29, 0.717) is 11.3 Å². The molecule has 8 heteroatoms. The summed E-state index contributed by atoms with van der Waals surface area (Å²) in [4.78, 5) is 30.7. The van der Waals surface area contributed by atoms with Crippen LogP contribution in [0.25, 0.3) is 0 Å². The number of pyridine rings is 2. The van der Waals surface area contributed by atoms with Crippen LogP contribution in [0, 0.1) is 0 Å². The van der Waals surface area contributed by atoms with Gasteiger partial charge in [-0.3, -0.25) is 4.79 Å². The van der Waals surface area contributed by atoms with Gasteiger partial charge in [-0.25, -0.2) is 15.0 Å². The van der Waals surface area contributed by atoms with E-state index in [1.54, 1.807) is 30.7 Å². The third kappa shape index (κ3) is 3.80. The molecule has 1 atom stereocenters. The SMILES string of the molecule is Nc1ncccc1C(=O)c1cccc(N2CCNC(Cc3cnc[nH]3)C2)n1.[HH]. The number of hydrogen-bond acceptors (Lipinski definition) is 7. The Labute approximate surface area is 158 Å². The first-order chi connectivity index (χ1) is 13.2. The van der Waals surface area contributed by atoms with Gasteiger partial charge in [-0.1, -0.05) is 6.07 Å². The zero-order valence-electron chi connectivity index (χ0n) is 14.8. The highest BCUT2D eigenvalue weighted by atomic mass is 16.1. The number of piperazine rings is 1. The maximum Gasteiger partial charge on any atom is 0.215 e. The lowest BCUT2D eigenvalue weighted by molar-refractivity contribution is 0.103. The van der Waals surface area contributed by atoms with Gasteiger partial charge in [0.05, 0.1) is 11.9 Å². The fourth-order valence-electron chi connectivity index (χ4n) is 3.31. The Morgan fingerprint density at radius 1 is 1.33 bits per heavy atom. The van der Waals surface area contributed by atoms with Gasteiger partial charge in [0.1, 0.15) is 17.3 Å². The standard InChI is InChI=1S/C19H21N7O.H2/c20-19-15(3-2-6-23-19)18(27)16-4-1-5-17(25-16)26-8-7-22-14(11-26)9-13-10-21-12-24-13;/h1-6,10,12,14,22H,7-9,11H2,(H2,20,23)(H,21,24);1H. The maximum atomic E-state index is 12.8. The zero-order valence-corrected chi connectivity index (χ0v) is 14.8. The average molecular weight is 365 g/mol. The number of nitrogens with zero attached hydrogens (tertiary/aromatic N) is 4. The minimum absolute atomic E-state index is 0. The van der Waals surface area contributed by atoms with Crippen molar-refractivity contribution in [2.24, 2.45) is 0 Å². The summed E-state index contributed by atoms with van der Waals surface area (Å²) in [5.74, 6) is 0.794. The number of carbonyl (C=O) groups excluding carboxylic acids is 1. The van der Waals surface area contributed by atoms with Crippen molar-refractivity contribution < 1.29 is 6.22 Å². The predicted molar refractivity (Wildman–Crippen MR) is 105 cm³/mol. The average Bonchev–Trinajstić information content (AvgIpc) is 3.21. The van der Waals surface area contributed by atoms with Crippen molar-refractivity contribution in [3.05, 3.63) is 66.0 Å². The summed E-state index contributed by atoms with van der Waals surface area (Å²) in [5, 5.41) is 3.52. The number of nitrogen functional groups attached to an aromatic ring is 1. The molecule has 27 heavy (non-hydrogen) atoms. The topological polar surface area (TPSA) is 113 Å². The van der Waals surface area contributed by atoms with Gasteiger partial charge in [0.2, 0.25) is 5.78 Å². The minimum atomic E-state index is -0.216. The molecule has 0 aliphatic carbocycles. The second-order valence-corrected chi connectivity index (χ2v) is 6.52. The van der Waals surface area contributed by atoms with E-state index in [2.05, 4.69) is 30.2 Å². The van der Waals surface area contributed by atoms with Crippen LogP contribution in [0.15, 0.2) is 49.1 Å². The van der Waals surface area contributed by atoms with Gasteiger partial charge in [-0.2, -0.15) is 0 Å². The molecule has 0 spiro atoms. The molecule has 3 aromatic rings. The minimum Gasteiger partial charge on any atom is -0.383 e. The Balaban J connectivity index is 0.00000225. The number of nitrogens with one attached hydrogen (secondary N) is 2. The molecule has 0 radical (unpaired) electrons. The number of ketones is 1. The van der Waals surface area contributed by atoms with Gasteiger partial charge in [-0.05, 0) is 24.3 Å². The Bertz CT molecular complexity index is 932. The van der Waals surface area contributed by atoms with Crippen molar-refractivity contribution in [1.82, 2.24) is 25.3 Å². The maximum absolute atomic E-state index is 12.8. The Morgan fingerprint density at radius 2 is 2.26 bits per heavy atom. The van der Waals surface area contributed by atoms with Crippen LogP contribution in [-0.4, -0.2) is 51.4 Å². The molecule has 0 saturated carbocycles. The van der Waals surface area contributed by atoms with Crippen molar-refractivity contribution >= 4 is 17.4 Å². The van der Waals surface area contributed by atoms with Crippen LogP contribution < -0.4 is 16.0 Å². The molecule has 4 N–H and O–H groups in total. The lowest BCUT2D eigenvalue weighted by Crippen LogP contribution is -2.52. The molecule has 140 valence electrons. The number of carbonyl (C=O) groups is 1. The Hall–Kier alpha value is -3.26. The third-order valence-electron chi connectivity index (χ3n) is 4.65. The van der Waals surface area contributed by atoms with Gasteiger partial charge in [-0.15, -0.1) is 0 Å². The number of rotatable bonds is 5. The van der Waals surface area contributed by atoms with E-state index in [1.165, 1.54) is 0 Å². The number of imidazole rings is 1. The smallest absolute Gasteiger partial charge is 0.215 e. The summed E-state index contributed by atoms with van der Waals surface area (Å²) in [6.07, 6.45) is 5.96. The highest BCUT2D eigenvalue weighted by Gasteiger charge is 2.22. The molecule has 8 nitrogen and oxygen atoms in total. The summed E-state index contributed by atoms with van der Waals surface area (Å²) in [5.41, 5.74) is 7.68. The monoisotopic (exact) mass is 365 g/mol. The summed E-state index contributed by atoms with van der Waals surface area (Å²) >= 11 is 0. The van der Waals surface area contributed by atoms with Crippen LogP contribution >= 0.6 is 0 Å². The molecule has 1 aliphatic rings. The molecule has 4 heterocycles. The molecule has 1 fully saturated rings. The molecule has 3 aromatic heterocycles. The van der Waals surface area contributed by atoms with E-state index in [0.717, 1.165) is 37.6 Å². The lowest BCUT2D eigenvalue weighted by Gasteiger charge is -2.34. The molecular weight excluding hydrogens is 342 g/mol. The van der Waals surface area contributed by atoms with Gasteiger partial charge < -0.3 is 20.9 Å². The molecule has 1 saturated heterocycles. The first-order valence-electron chi connectivity index (χ1n) is 8.88. The van der Waals surface area contributed by atoms with E-state index in [4.69, 9.17) is 5.73 Å².